The van der Waals surface area contributed by atoms with Gasteiger partial charge in [0.15, 0.2) is 6.04 Å². The van der Waals surface area contributed by atoms with Crippen LogP contribution in [0.5, 0.6) is 0 Å². The lowest BCUT2D eigenvalue weighted by molar-refractivity contribution is -0.150. The highest BCUT2D eigenvalue weighted by Gasteiger charge is 2.40. The first-order valence-electron chi connectivity index (χ1n) is 10.8. The summed E-state index contributed by atoms with van der Waals surface area (Å²) < 4.78 is 5.13. The number of benzene rings is 3. The minimum Gasteiger partial charge on any atom is -0.465 e. The Labute approximate surface area is 196 Å². The zero-order valence-electron chi connectivity index (χ0n) is 18.4. The van der Waals surface area contributed by atoms with Gasteiger partial charge >= 0.3 is 5.97 Å². The van der Waals surface area contributed by atoms with E-state index in [1.165, 1.54) is 12.1 Å². The standard InChI is InChI=1S/C27H22N2O5/c1-2-34-27(33)23(28-29-25(31)21-14-8-9-15-22(21)26(29)32)24(30)20-13-7-6-12-19(20)17-16-18-10-4-3-5-11-18/h3-15,23-24,28,30H,2H2,1H3/t23-,24+/m0/s1. The van der Waals surface area contributed by atoms with Crippen LogP contribution in [0.3, 0.4) is 0 Å². The van der Waals surface area contributed by atoms with Crippen LogP contribution in [0.4, 0.5) is 0 Å². The number of amides is 2. The summed E-state index contributed by atoms with van der Waals surface area (Å²) in [7, 11) is 0. The molecule has 170 valence electrons. The molecule has 3 aromatic rings. The van der Waals surface area contributed by atoms with Gasteiger partial charge in [0.1, 0.15) is 6.10 Å². The van der Waals surface area contributed by atoms with Gasteiger partial charge in [-0.1, -0.05) is 60.4 Å². The highest BCUT2D eigenvalue weighted by molar-refractivity contribution is 6.21. The van der Waals surface area contributed by atoms with Crippen molar-refractivity contribution in [3.63, 3.8) is 0 Å². The van der Waals surface area contributed by atoms with Gasteiger partial charge in [-0.15, -0.1) is 0 Å². The van der Waals surface area contributed by atoms with Crippen LogP contribution in [0.1, 0.15) is 50.4 Å². The van der Waals surface area contributed by atoms with Gasteiger partial charge in [0.2, 0.25) is 0 Å². The fourth-order valence-electron chi connectivity index (χ4n) is 3.64. The van der Waals surface area contributed by atoms with E-state index in [0.29, 0.717) is 11.1 Å². The number of fused-ring (bicyclic) bond motifs is 1. The maximum Gasteiger partial charge on any atom is 0.328 e. The molecule has 0 unspecified atom stereocenters. The van der Waals surface area contributed by atoms with Crippen molar-refractivity contribution in [2.75, 3.05) is 6.61 Å². The fourth-order valence-corrected chi connectivity index (χ4v) is 3.64. The number of esters is 1. The van der Waals surface area contributed by atoms with Crippen molar-refractivity contribution in [1.82, 2.24) is 10.4 Å². The number of hydrogen-bond donors (Lipinski definition) is 2. The van der Waals surface area contributed by atoms with Gasteiger partial charge in [-0.25, -0.2) is 10.4 Å². The molecule has 7 nitrogen and oxygen atoms in total. The molecular weight excluding hydrogens is 432 g/mol. The van der Waals surface area contributed by atoms with Crippen molar-refractivity contribution in [3.8, 4) is 11.8 Å². The molecule has 1 aliphatic heterocycles. The summed E-state index contributed by atoms with van der Waals surface area (Å²) in [5, 5.41) is 12.0. The number of hydrogen-bond acceptors (Lipinski definition) is 6. The molecule has 0 radical (unpaired) electrons. The van der Waals surface area contributed by atoms with Crippen molar-refractivity contribution in [3.05, 3.63) is 107 Å². The third kappa shape index (κ3) is 4.59. The normalized spacial score (nSPS) is 14.1. The molecule has 2 N–H and O–H groups in total. The molecule has 4 rings (SSSR count). The van der Waals surface area contributed by atoms with Crippen LogP contribution < -0.4 is 5.43 Å². The molecule has 0 spiro atoms. The zero-order valence-corrected chi connectivity index (χ0v) is 18.4. The van der Waals surface area contributed by atoms with E-state index in [-0.39, 0.29) is 17.7 Å². The quantitative estimate of drug-likeness (QED) is 0.338. The maximum absolute atomic E-state index is 12.8. The minimum atomic E-state index is -1.45. The van der Waals surface area contributed by atoms with E-state index >= 15 is 0 Å². The average Bonchev–Trinajstić information content (AvgIpc) is 3.11. The Morgan fingerprint density at radius 2 is 1.50 bits per heavy atom. The first-order valence-corrected chi connectivity index (χ1v) is 10.8. The molecular formula is C27H22N2O5. The van der Waals surface area contributed by atoms with Crippen LogP contribution in [0.25, 0.3) is 0 Å². The molecule has 1 heterocycles. The van der Waals surface area contributed by atoms with Gasteiger partial charge in [0, 0.05) is 11.1 Å². The average molecular weight is 454 g/mol. The number of ether oxygens (including phenoxy) is 1. The van der Waals surface area contributed by atoms with E-state index in [0.717, 1.165) is 10.6 Å². The zero-order chi connectivity index (χ0) is 24.1. The molecule has 0 fully saturated rings. The van der Waals surface area contributed by atoms with Gasteiger partial charge in [-0.2, -0.15) is 0 Å². The monoisotopic (exact) mass is 454 g/mol. The van der Waals surface area contributed by atoms with Crippen molar-refractivity contribution < 1.29 is 24.2 Å². The van der Waals surface area contributed by atoms with Crippen LogP contribution in [0.15, 0.2) is 78.9 Å². The van der Waals surface area contributed by atoms with E-state index in [1.807, 2.05) is 30.3 Å². The third-order valence-corrected chi connectivity index (χ3v) is 5.31. The first-order chi connectivity index (χ1) is 16.5. The molecule has 7 heteroatoms. The van der Waals surface area contributed by atoms with Crippen molar-refractivity contribution in [2.24, 2.45) is 0 Å². The maximum atomic E-state index is 12.8. The van der Waals surface area contributed by atoms with Gasteiger partial charge in [-0.05, 0) is 42.8 Å². The van der Waals surface area contributed by atoms with Gasteiger partial charge in [-0.3, -0.25) is 14.4 Å². The van der Waals surface area contributed by atoms with Gasteiger partial charge in [0.05, 0.1) is 17.7 Å². The predicted octanol–water partition coefficient (Wildman–Crippen LogP) is 2.85. The third-order valence-electron chi connectivity index (χ3n) is 5.31. The molecule has 0 saturated carbocycles. The van der Waals surface area contributed by atoms with Crippen LogP contribution in [0.2, 0.25) is 0 Å². The van der Waals surface area contributed by atoms with E-state index in [9.17, 15) is 19.5 Å². The Bertz CT molecular complexity index is 1260. The van der Waals surface area contributed by atoms with Gasteiger partial charge in [0.25, 0.3) is 11.8 Å². The Morgan fingerprint density at radius 3 is 2.15 bits per heavy atom. The molecule has 0 saturated heterocycles. The van der Waals surface area contributed by atoms with Crippen molar-refractivity contribution in [1.29, 1.82) is 0 Å². The summed E-state index contributed by atoms with van der Waals surface area (Å²) in [4.78, 5) is 38.4. The number of carbonyl (C=O) groups excluding carboxylic acids is 3. The molecule has 0 aromatic heterocycles. The Morgan fingerprint density at radius 1 is 0.912 bits per heavy atom. The molecule has 3 aromatic carbocycles. The number of imide groups is 1. The molecule has 2 atom stereocenters. The number of aliphatic hydroxyl groups excluding tert-OH is 1. The number of nitrogens with one attached hydrogen (secondary N) is 1. The van der Waals surface area contributed by atoms with E-state index in [2.05, 4.69) is 17.3 Å². The fraction of sp³-hybridized carbons (Fsp3) is 0.148. The summed E-state index contributed by atoms with van der Waals surface area (Å²) in [5.74, 6) is 4.02. The van der Waals surface area contributed by atoms with E-state index in [4.69, 9.17) is 4.74 Å². The second-order valence-corrected chi connectivity index (χ2v) is 7.50. The summed E-state index contributed by atoms with van der Waals surface area (Å²) in [6, 6.07) is 21.1. The molecule has 2 amide bonds. The van der Waals surface area contributed by atoms with E-state index in [1.54, 1.807) is 43.3 Å². The van der Waals surface area contributed by atoms with Crippen molar-refractivity contribution >= 4 is 17.8 Å². The number of aliphatic hydroxyl groups is 1. The van der Waals surface area contributed by atoms with Crippen LogP contribution in [-0.2, 0) is 9.53 Å². The molecule has 1 aliphatic rings. The summed E-state index contributed by atoms with van der Waals surface area (Å²) in [6.07, 6.45) is -1.45. The number of rotatable bonds is 6. The SMILES string of the molecule is CCOC(=O)[C@@H](NN1C(=O)c2ccccc2C1=O)[C@H](O)c1ccccc1C#Cc1ccccc1. The number of carbonyl (C=O) groups is 3. The summed E-state index contributed by atoms with van der Waals surface area (Å²) >= 11 is 0. The Hall–Kier alpha value is -4.25. The predicted molar refractivity (Wildman–Crippen MR) is 124 cm³/mol. The number of hydrazine groups is 1. The Kier molecular flexibility index (Phi) is 6.83. The second-order valence-electron chi connectivity index (χ2n) is 7.50. The van der Waals surface area contributed by atoms with Crippen LogP contribution in [-0.4, -0.2) is 40.5 Å². The highest BCUT2D eigenvalue weighted by atomic mass is 16.5. The summed E-state index contributed by atoms with van der Waals surface area (Å²) in [5.41, 5.74) is 4.68. The molecule has 34 heavy (non-hydrogen) atoms. The number of nitrogens with zero attached hydrogens (tertiary/aromatic N) is 1. The van der Waals surface area contributed by atoms with Crippen LogP contribution in [0, 0.1) is 11.8 Å². The second kappa shape index (κ2) is 10.1. The van der Waals surface area contributed by atoms with E-state index < -0.39 is 29.9 Å². The topological polar surface area (TPSA) is 95.9 Å². The first kappa shape index (κ1) is 22.9. The lowest BCUT2D eigenvalue weighted by Crippen LogP contribution is -2.54. The lowest BCUT2D eigenvalue weighted by Gasteiger charge is -2.27. The van der Waals surface area contributed by atoms with Crippen molar-refractivity contribution in [2.45, 2.75) is 19.1 Å². The Balaban J connectivity index is 1.66. The van der Waals surface area contributed by atoms with Gasteiger partial charge < -0.3 is 9.84 Å². The highest BCUT2D eigenvalue weighted by Crippen LogP contribution is 2.25. The van der Waals surface area contributed by atoms with Crippen LogP contribution >= 0.6 is 0 Å². The molecule has 0 bridgehead atoms. The summed E-state index contributed by atoms with van der Waals surface area (Å²) in [6.45, 7) is 1.68. The molecule has 0 aliphatic carbocycles. The lowest BCUT2D eigenvalue weighted by atomic mass is 9.97. The largest absolute Gasteiger partial charge is 0.465 e. The smallest absolute Gasteiger partial charge is 0.328 e. The minimum absolute atomic E-state index is 0.0569.